The molecule has 22 heavy (non-hydrogen) atoms. The Morgan fingerprint density at radius 3 is 2.82 bits per heavy atom. The molecule has 0 aromatic carbocycles. The van der Waals surface area contributed by atoms with Crippen molar-refractivity contribution in [3.8, 4) is 0 Å². The van der Waals surface area contributed by atoms with Gasteiger partial charge in [-0.1, -0.05) is 24.7 Å². The van der Waals surface area contributed by atoms with Crippen molar-refractivity contribution in [1.82, 2.24) is 19.9 Å². The van der Waals surface area contributed by atoms with Gasteiger partial charge in [0, 0.05) is 26.0 Å². The highest BCUT2D eigenvalue weighted by Crippen LogP contribution is 2.24. The highest BCUT2D eigenvalue weighted by atomic mass is 32.1. The average Bonchev–Trinajstić information content (AvgIpc) is 3.05. The van der Waals surface area contributed by atoms with E-state index in [1.54, 1.807) is 6.20 Å². The normalized spacial score (nSPS) is 12.2. The summed E-state index contributed by atoms with van der Waals surface area (Å²) in [6, 6.07) is -0.0819. The minimum atomic E-state index is -0.0828. The predicted molar refractivity (Wildman–Crippen MR) is 89.3 cm³/mol. The van der Waals surface area contributed by atoms with E-state index in [-0.39, 0.29) is 11.9 Å². The molecule has 0 fully saturated rings. The number of anilines is 1. The van der Waals surface area contributed by atoms with Crippen LogP contribution in [0, 0.1) is 6.92 Å². The topological polar surface area (TPSA) is 71.8 Å². The summed E-state index contributed by atoms with van der Waals surface area (Å²) in [5.41, 5.74) is 0.758. The van der Waals surface area contributed by atoms with E-state index in [9.17, 15) is 4.79 Å². The molecule has 0 aliphatic carbocycles. The molecule has 0 spiro atoms. The molecule has 1 atom stereocenters. The van der Waals surface area contributed by atoms with E-state index >= 15 is 0 Å². The minimum absolute atomic E-state index is 0.0819. The van der Waals surface area contributed by atoms with Crippen molar-refractivity contribution in [3.63, 3.8) is 0 Å². The van der Waals surface area contributed by atoms with Crippen LogP contribution >= 0.6 is 11.3 Å². The Morgan fingerprint density at radius 2 is 2.23 bits per heavy atom. The van der Waals surface area contributed by atoms with Gasteiger partial charge < -0.3 is 15.2 Å². The highest BCUT2D eigenvalue weighted by molar-refractivity contribution is 7.17. The van der Waals surface area contributed by atoms with Gasteiger partial charge in [-0.25, -0.2) is 9.97 Å². The number of rotatable bonds is 7. The van der Waals surface area contributed by atoms with Crippen molar-refractivity contribution in [3.05, 3.63) is 28.8 Å². The standard InChI is InChI=1S/C15H23N5OS/c1-5-7-11(13-17-8-9-20(13)4)19-14(21)12-10(3)18-15(22-12)16-6-2/h8-9,11H,5-7H2,1-4H3,(H,16,18)(H,19,21). The van der Waals surface area contributed by atoms with Gasteiger partial charge in [0.2, 0.25) is 0 Å². The quantitative estimate of drug-likeness (QED) is 0.822. The van der Waals surface area contributed by atoms with E-state index < -0.39 is 0 Å². The van der Waals surface area contributed by atoms with E-state index in [2.05, 4.69) is 27.5 Å². The average molecular weight is 321 g/mol. The van der Waals surface area contributed by atoms with Crippen molar-refractivity contribution in [2.45, 2.75) is 39.7 Å². The first-order chi connectivity index (χ1) is 10.6. The van der Waals surface area contributed by atoms with Gasteiger partial charge in [-0.3, -0.25) is 4.79 Å². The van der Waals surface area contributed by atoms with Gasteiger partial charge in [0.05, 0.1) is 11.7 Å². The maximum atomic E-state index is 12.6. The second kappa shape index (κ2) is 7.40. The van der Waals surface area contributed by atoms with Gasteiger partial charge in [-0.15, -0.1) is 0 Å². The molecule has 2 N–H and O–H groups in total. The van der Waals surface area contributed by atoms with Gasteiger partial charge in [-0.05, 0) is 20.3 Å². The molecule has 0 aliphatic heterocycles. The van der Waals surface area contributed by atoms with Crippen LogP contribution < -0.4 is 10.6 Å². The van der Waals surface area contributed by atoms with Crippen LogP contribution in [0.4, 0.5) is 5.13 Å². The molecule has 0 saturated carbocycles. The lowest BCUT2D eigenvalue weighted by molar-refractivity contribution is 0.0935. The second-order valence-electron chi connectivity index (χ2n) is 5.17. The van der Waals surface area contributed by atoms with E-state index in [4.69, 9.17) is 0 Å². The molecule has 6 nitrogen and oxygen atoms in total. The number of carbonyl (C=O) groups is 1. The summed E-state index contributed by atoms with van der Waals surface area (Å²) in [7, 11) is 1.94. The number of nitrogens with zero attached hydrogens (tertiary/aromatic N) is 3. The van der Waals surface area contributed by atoms with E-state index in [0.717, 1.165) is 36.0 Å². The summed E-state index contributed by atoms with van der Waals surface area (Å²) in [4.78, 5) is 22.0. The maximum absolute atomic E-state index is 12.6. The van der Waals surface area contributed by atoms with Gasteiger partial charge in [0.15, 0.2) is 5.13 Å². The van der Waals surface area contributed by atoms with Crippen molar-refractivity contribution >= 4 is 22.4 Å². The molecule has 2 aromatic heterocycles. The summed E-state index contributed by atoms with van der Waals surface area (Å²) in [6.07, 6.45) is 5.48. The zero-order valence-corrected chi connectivity index (χ0v) is 14.3. The first kappa shape index (κ1) is 16.5. The highest BCUT2D eigenvalue weighted by Gasteiger charge is 2.21. The van der Waals surface area contributed by atoms with Gasteiger partial charge in [0.25, 0.3) is 5.91 Å². The lowest BCUT2D eigenvalue weighted by Crippen LogP contribution is -2.30. The Hall–Kier alpha value is -1.89. The molecule has 2 aromatic rings. The monoisotopic (exact) mass is 321 g/mol. The summed E-state index contributed by atoms with van der Waals surface area (Å²) in [5.74, 6) is 0.796. The number of thiazole rings is 1. The number of hydrogen-bond acceptors (Lipinski definition) is 5. The Morgan fingerprint density at radius 1 is 1.45 bits per heavy atom. The van der Waals surface area contributed by atoms with Gasteiger partial charge in [-0.2, -0.15) is 0 Å². The van der Waals surface area contributed by atoms with Crippen LogP contribution in [-0.4, -0.2) is 27.0 Å². The molecular formula is C15H23N5OS. The Kier molecular flexibility index (Phi) is 5.54. The molecule has 120 valence electrons. The minimum Gasteiger partial charge on any atom is -0.362 e. The summed E-state index contributed by atoms with van der Waals surface area (Å²) in [6.45, 7) is 6.76. The molecule has 2 heterocycles. The van der Waals surface area contributed by atoms with E-state index in [1.165, 1.54) is 11.3 Å². The molecule has 0 saturated heterocycles. The summed E-state index contributed by atoms with van der Waals surface area (Å²) in [5, 5.41) is 7.03. The van der Waals surface area contributed by atoms with Crippen LogP contribution in [0.2, 0.25) is 0 Å². The second-order valence-corrected chi connectivity index (χ2v) is 6.17. The fraction of sp³-hybridized carbons (Fsp3) is 0.533. The molecular weight excluding hydrogens is 298 g/mol. The number of amides is 1. The smallest absolute Gasteiger partial charge is 0.263 e. The van der Waals surface area contributed by atoms with Gasteiger partial charge >= 0.3 is 0 Å². The first-order valence-corrected chi connectivity index (χ1v) is 8.37. The molecule has 1 unspecified atom stereocenters. The third-order valence-electron chi connectivity index (χ3n) is 3.38. The molecule has 0 aliphatic rings. The third kappa shape index (κ3) is 3.65. The number of aryl methyl sites for hydroxylation is 2. The summed E-state index contributed by atoms with van der Waals surface area (Å²) < 4.78 is 1.95. The van der Waals surface area contributed by atoms with Crippen molar-refractivity contribution in [2.24, 2.45) is 7.05 Å². The molecule has 7 heteroatoms. The lowest BCUT2D eigenvalue weighted by Gasteiger charge is -2.17. The summed E-state index contributed by atoms with van der Waals surface area (Å²) >= 11 is 1.39. The van der Waals surface area contributed by atoms with Gasteiger partial charge in [0.1, 0.15) is 10.7 Å². The van der Waals surface area contributed by atoms with Crippen LogP contribution in [0.15, 0.2) is 12.4 Å². The fourth-order valence-corrected chi connectivity index (χ4v) is 3.26. The SMILES string of the molecule is CCCC(NC(=O)c1sc(NCC)nc1C)c1nccn1C. The Balaban J connectivity index is 2.16. The first-order valence-electron chi connectivity index (χ1n) is 7.56. The van der Waals surface area contributed by atoms with Crippen molar-refractivity contribution in [2.75, 3.05) is 11.9 Å². The van der Waals surface area contributed by atoms with Crippen LogP contribution in [-0.2, 0) is 7.05 Å². The maximum Gasteiger partial charge on any atom is 0.263 e. The molecule has 0 radical (unpaired) electrons. The predicted octanol–water partition coefficient (Wildman–Crippen LogP) is 2.89. The van der Waals surface area contributed by atoms with Crippen LogP contribution in [0.1, 0.15) is 53.9 Å². The largest absolute Gasteiger partial charge is 0.362 e. The molecule has 0 bridgehead atoms. The number of carbonyl (C=O) groups excluding carboxylic acids is 1. The van der Waals surface area contributed by atoms with E-state index in [1.807, 2.05) is 31.7 Å². The molecule has 2 rings (SSSR count). The fourth-order valence-electron chi connectivity index (χ4n) is 2.33. The molecule has 1 amide bonds. The third-order valence-corrected chi connectivity index (χ3v) is 4.50. The number of hydrogen-bond donors (Lipinski definition) is 2. The number of imidazole rings is 1. The number of aromatic nitrogens is 3. The van der Waals surface area contributed by atoms with E-state index in [0.29, 0.717) is 4.88 Å². The van der Waals surface area contributed by atoms with Crippen molar-refractivity contribution < 1.29 is 4.79 Å². The van der Waals surface area contributed by atoms with Crippen LogP contribution in [0.5, 0.6) is 0 Å². The zero-order valence-electron chi connectivity index (χ0n) is 13.5. The Labute approximate surface area is 135 Å². The van der Waals surface area contributed by atoms with Crippen LogP contribution in [0.3, 0.4) is 0 Å². The van der Waals surface area contributed by atoms with Crippen LogP contribution in [0.25, 0.3) is 0 Å². The Bertz CT molecular complexity index is 634. The number of nitrogens with one attached hydrogen (secondary N) is 2. The lowest BCUT2D eigenvalue weighted by atomic mass is 10.1. The van der Waals surface area contributed by atoms with Crippen molar-refractivity contribution in [1.29, 1.82) is 0 Å². The zero-order chi connectivity index (χ0) is 16.1.